The minimum absolute atomic E-state index is 0. The van der Waals surface area contributed by atoms with Crippen molar-refractivity contribution in [3.05, 3.63) is 77.7 Å². The Morgan fingerprint density at radius 3 is 1.03 bits per heavy atom. The molecule has 157 valence electrons. The van der Waals surface area contributed by atoms with Crippen molar-refractivity contribution in [2.75, 3.05) is 9.80 Å². The molecule has 0 fully saturated rings. The van der Waals surface area contributed by atoms with Crippen LogP contribution in [0, 0.1) is 6.67 Å². The van der Waals surface area contributed by atoms with Crippen LogP contribution in [0.15, 0.2) is 48.8 Å². The highest BCUT2D eigenvalue weighted by Gasteiger charge is 2.27. The Labute approximate surface area is 186 Å². The number of hydrogen-bond acceptors (Lipinski definition) is 2. The molecule has 0 N–H and O–H groups in total. The van der Waals surface area contributed by atoms with Crippen LogP contribution in [0.25, 0.3) is 0 Å². The molecule has 1 aliphatic heterocycles. The first kappa shape index (κ1) is 24.1. The second-order valence-corrected chi connectivity index (χ2v) is 9.33. The van der Waals surface area contributed by atoms with Gasteiger partial charge in [-0.2, -0.15) is 0 Å². The lowest BCUT2D eigenvalue weighted by Gasteiger charge is -2.29. The Kier molecular flexibility index (Phi) is 7.85. The zero-order valence-corrected chi connectivity index (χ0v) is 19.9. The van der Waals surface area contributed by atoms with Crippen molar-refractivity contribution in [3.8, 4) is 0 Å². The van der Waals surface area contributed by atoms with Crippen LogP contribution in [-0.2, 0) is 0 Å². The van der Waals surface area contributed by atoms with Crippen LogP contribution in [0.5, 0.6) is 0 Å². The van der Waals surface area contributed by atoms with Gasteiger partial charge in [-0.05, 0) is 45.9 Å². The van der Waals surface area contributed by atoms with Gasteiger partial charge in [0.1, 0.15) is 0 Å². The number of benzene rings is 2. The third kappa shape index (κ3) is 4.61. The Bertz CT molecular complexity index is 756. The van der Waals surface area contributed by atoms with E-state index in [1.807, 2.05) is 0 Å². The van der Waals surface area contributed by atoms with Gasteiger partial charge in [0.05, 0.1) is 11.4 Å². The van der Waals surface area contributed by atoms with Gasteiger partial charge >= 0.3 is 0 Å². The van der Waals surface area contributed by atoms with Gasteiger partial charge in [-0.25, -0.2) is 0 Å². The highest BCUT2D eigenvalue weighted by Crippen LogP contribution is 2.42. The van der Waals surface area contributed by atoms with Crippen LogP contribution in [0.4, 0.5) is 11.4 Å². The average Bonchev–Trinajstić information content (AvgIpc) is 3.15. The van der Waals surface area contributed by atoms with Gasteiger partial charge in [-0.1, -0.05) is 91.8 Å². The lowest BCUT2D eigenvalue weighted by atomic mass is 9.91. The summed E-state index contributed by atoms with van der Waals surface area (Å²) < 4.78 is 0. The molecule has 30 heavy (non-hydrogen) atoms. The van der Waals surface area contributed by atoms with Gasteiger partial charge in [0.25, 0.3) is 0 Å². The van der Waals surface area contributed by atoms with Gasteiger partial charge in [-0.15, -0.1) is 0 Å². The van der Waals surface area contributed by atoms with E-state index in [9.17, 15) is 0 Å². The predicted octanol–water partition coefficient (Wildman–Crippen LogP) is 7.59. The fraction of sp³-hybridized carbons (Fsp3) is 0.444. The summed E-state index contributed by atoms with van der Waals surface area (Å²) in [5.74, 6) is 1.84. The maximum absolute atomic E-state index is 3.66. The zero-order chi connectivity index (χ0) is 21.3. The van der Waals surface area contributed by atoms with E-state index in [-0.39, 0.29) is 8.41 Å². The van der Waals surface area contributed by atoms with Crippen LogP contribution in [0.2, 0.25) is 0 Å². The fourth-order valence-electron chi connectivity index (χ4n) is 4.14. The van der Waals surface area contributed by atoms with Crippen molar-refractivity contribution in [2.45, 2.75) is 79.1 Å². The summed E-state index contributed by atoms with van der Waals surface area (Å²) in [7, 11) is 0. The first-order chi connectivity index (χ1) is 13.7. The van der Waals surface area contributed by atoms with Crippen LogP contribution in [0.1, 0.15) is 101 Å². The van der Waals surface area contributed by atoms with Gasteiger partial charge < -0.3 is 9.80 Å². The topological polar surface area (TPSA) is 6.48 Å². The largest absolute Gasteiger partial charge is 0.315 e. The van der Waals surface area contributed by atoms with Gasteiger partial charge in [0, 0.05) is 20.8 Å². The maximum atomic E-state index is 3.66. The Morgan fingerprint density at radius 2 is 0.800 bits per heavy atom. The van der Waals surface area contributed by atoms with Crippen molar-refractivity contribution >= 4 is 19.8 Å². The van der Waals surface area contributed by atoms with E-state index >= 15 is 0 Å². The van der Waals surface area contributed by atoms with Crippen molar-refractivity contribution in [1.29, 1.82) is 0 Å². The second kappa shape index (κ2) is 9.77. The Balaban J connectivity index is 0.00000320. The summed E-state index contributed by atoms with van der Waals surface area (Å²) in [6, 6.07) is 13.4. The molecule has 0 saturated carbocycles. The summed E-state index contributed by atoms with van der Waals surface area (Å²) in [6.45, 7) is 21.8. The number of rotatable bonds is 6. The van der Waals surface area contributed by atoms with E-state index in [1.54, 1.807) is 0 Å². The summed E-state index contributed by atoms with van der Waals surface area (Å²) in [5, 5.41) is 0. The van der Waals surface area contributed by atoms with E-state index in [1.165, 1.54) is 33.6 Å². The average molecular weight is 399 g/mol. The van der Waals surface area contributed by atoms with Crippen LogP contribution >= 0.6 is 0 Å². The molecule has 0 spiro atoms. The molecule has 0 aliphatic carbocycles. The molecular formula is C27H36BN2. The fourth-order valence-corrected chi connectivity index (χ4v) is 4.14. The molecule has 2 nitrogen and oxygen atoms in total. The predicted molar refractivity (Wildman–Crippen MR) is 132 cm³/mol. The Hall–Kier alpha value is -2.16. The number of anilines is 2. The number of nitrogens with zero attached hydrogens (tertiary/aromatic N) is 2. The van der Waals surface area contributed by atoms with Crippen LogP contribution < -0.4 is 9.80 Å². The van der Waals surface area contributed by atoms with E-state index in [2.05, 4.69) is 121 Å². The lowest BCUT2D eigenvalue weighted by Crippen LogP contribution is -2.23. The molecule has 1 aliphatic rings. The molecule has 0 aromatic heterocycles. The van der Waals surface area contributed by atoms with E-state index in [0.717, 1.165) is 0 Å². The summed E-state index contributed by atoms with van der Waals surface area (Å²) in [5.41, 5.74) is 8.05. The first-order valence-electron chi connectivity index (χ1n) is 11.0. The number of hydrogen-bond donors (Lipinski definition) is 0. The second-order valence-electron chi connectivity index (χ2n) is 9.33. The van der Waals surface area contributed by atoms with Crippen LogP contribution in [-0.4, -0.2) is 8.41 Å². The van der Waals surface area contributed by atoms with Gasteiger partial charge in [0.2, 0.25) is 6.67 Å². The molecule has 2 aromatic rings. The molecule has 3 rings (SSSR count). The highest BCUT2D eigenvalue weighted by molar-refractivity contribution is 5.75. The smallest absolute Gasteiger partial charge is 0.217 e. The van der Waals surface area contributed by atoms with Crippen LogP contribution in [0.3, 0.4) is 0 Å². The quantitative estimate of drug-likeness (QED) is 0.462. The minimum atomic E-state index is 0. The monoisotopic (exact) mass is 399 g/mol. The van der Waals surface area contributed by atoms with Gasteiger partial charge in [-0.3, -0.25) is 0 Å². The normalized spacial score (nSPS) is 13.9. The Morgan fingerprint density at radius 1 is 0.533 bits per heavy atom. The summed E-state index contributed by atoms with van der Waals surface area (Å²) in [4.78, 5) is 4.40. The molecule has 5 radical (unpaired) electrons. The third-order valence-corrected chi connectivity index (χ3v) is 5.75. The summed E-state index contributed by atoms with van der Waals surface area (Å²) >= 11 is 0. The van der Waals surface area contributed by atoms with Gasteiger partial charge in [0.15, 0.2) is 0 Å². The molecule has 0 unspecified atom stereocenters. The van der Waals surface area contributed by atoms with Crippen molar-refractivity contribution in [2.24, 2.45) is 0 Å². The first-order valence-corrected chi connectivity index (χ1v) is 11.0. The summed E-state index contributed by atoms with van der Waals surface area (Å²) in [6.07, 6.45) is 4.32. The van der Waals surface area contributed by atoms with Crippen molar-refractivity contribution < 1.29 is 0 Å². The molecule has 0 saturated heterocycles. The minimum Gasteiger partial charge on any atom is -0.315 e. The lowest BCUT2D eigenvalue weighted by molar-refractivity contribution is 0.819. The SMILES string of the molecule is CC(C)c1cccc(C(C)C)c1N1[C]N(c2c(C(C)C)cccc2C(C)C)C=C1.[B]. The third-order valence-electron chi connectivity index (χ3n) is 5.75. The molecule has 0 atom stereocenters. The van der Waals surface area contributed by atoms with E-state index in [4.69, 9.17) is 0 Å². The van der Waals surface area contributed by atoms with Crippen molar-refractivity contribution in [1.82, 2.24) is 0 Å². The maximum Gasteiger partial charge on any atom is 0.217 e. The highest BCUT2D eigenvalue weighted by atomic mass is 15.3. The molecule has 2 aromatic carbocycles. The van der Waals surface area contributed by atoms with Crippen molar-refractivity contribution in [3.63, 3.8) is 0 Å². The molecular weight excluding hydrogens is 363 g/mol. The molecule has 0 amide bonds. The number of para-hydroxylation sites is 2. The molecule has 3 heteroatoms. The van der Waals surface area contributed by atoms with E-state index < -0.39 is 0 Å². The molecule has 1 heterocycles. The van der Waals surface area contributed by atoms with E-state index in [0.29, 0.717) is 23.7 Å². The zero-order valence-electron chi connectivity index (χ0n) is 19.9. The molecule has 0 bridgehead atoms. The standard InChI is InChI=1S/C27H36N2.B/c1-18(2)22-11-9-12-23(19(3)4)26(22)28-15-16-29(17-28)27-24(20(5)6)13-10-14-25(27)21(7)8;/h9-16,18-21H,1-8H3;.